The quantitative estimate of drug-likeness (QED) is 0.106. The molecule has 4 rings (SSSR count). The molecule has 1 aliphatic rings. The van der Waals surface area contributed by atoms with E-state index in [0.717, 1.165) is 18.3 Å². The Kier molecular flexibility index (Phi) is 11.1. The number of pyridine rings is 1. The number of hydrogen-bond donors (Lipinski definition) is 0. The monoisotopic (exact) mass is 594 g/mol. The number of carbonyl (C=O) groups excluding carboxylic acids is 1. The number of rotatable bonds is 14. The molecule has 3 aromatic rings. The minimum Gasteiger partial charge on any atom is -0.481 e. The zero-order valence-corrected chi connectivity index (χ0v) is 26.8. The molecule has 0 bridgehead atoms. The van der Waals surface area contributed by atoms with Crippen LogP contribution in [-0.4, -0.2) is 54.5 Å². The van der Waals surface area contributed by atoms with Crippen molar-refractivity contribution in [2.75, 3.05) is 26.5 Å². The fourth-order valence-electron chi connectivity index (χ4n) is 5.56. The first-order valence-electron chi connectivity index (χ1n) is 14.9. The van der Waals surface area contributed by atoms with E-state index in [4.69, 9.17) is 14.0 Å². The van der Waals surface area contributed by atoms with Gasteiger partial charge in [-0.25, -0.2) is 14.2 Å². The lowest BCUT2D eigenvalue weighted by molar-refractivity contribution is 0.0734. The molecule has 0 spiro atoms. The van der Waals surface area contributed by atoms with Crippen LogP contribution in [0.25, 0.3) is 11.1 Å². The van der Waals surface area contributed by atoms with Gasteiger partial charge in [0.25, 0.3) is 0 Å². The van der Waals surface area contributed by atoms with Crippen LogP contribution in [-0.2, 0) is 11.1 Å². The van der Waals surface area contributed by atoms with Gasteiger partial charge in [-0.05, 0) is 113 Å². The summed E-state index contributed by atoms with van der Waals surface area (Å²) in [6.07, 6.45) is 4.63. The summed E-state index contributed by atoms with van der Waals surface area (Å²) in [5.41, 5.74) is 3.51. The van der Waals surface area contributed by atoms with Crippen molar-refractivity contribution < 1.29 is 23.2 Å². The molecule has 2 aromatic carbocycles. The van der Waals surface area contributed by atoms with Crippen LogP contribution >= 0.6 is 8.15 Å². The second-order valence-corrected chi connectivity index (χ2v) is 13.5. The van der Waals surface area contributed by atoms with E-state index in [0.29, 0.717) is 46.7 Å². The molecular formula is C34H44FN2O4P. The highest BCUT2D eigenvalue weighted by Gasteiger charge is 2.33. The van der Waals surface area contributed by atoms with Crippen molar-refractivity contribution in [1.82, 2.24) is 9.88 Å². The highest BCUT2D eigenvalue weighted by molar-refractivity contribution is 7.51. The summed E-state index contributed by atoms with van der Waals surface area (Å²) in [5, 5.41) is 0. The van der Waals surface area contributed by atoms with Gasteiger partial charge in [0.1, 0.15) is 11.6 Å². The van der Waals surface area contributed by atoms with Crippen LogP contribution in [0.1, 0.15) is 74.9 Å². The number of ether oxygens (including phenoxy) is 2. The molecule has 1 saturated carbocycles. The Morgan fingerprint density at radius 2 is 1.81 bits per heavy atom. The second-order valence-electron chi connectivity index (χ2n) is 11.6. The van der Waals surface area contributed by atoms with Crippen molar-refractivity contribution in [1.29, 1.82) is 0 Å². The highest BCUT2D eigenvalue weighted by atomic mass is 31.1. The van der Waals surface area contributed by atoms with Crippen LogP contribution in [0.3, 0.4) is 0 Å². The third kappa shape index (κ3) is 8.15. The molecular weight excluding hydrogens is 550 g/mol. The Labute approximate surface area is 251 Å². The summed E-state index contributed by atoms with van der Waals surface area (Å²) < 4.78 is 32.1. The van der Waals surface area contributed by atoms with Crippen LogP contribution in [0.2, 0.25) is 0 Å². The molecule has 0 saturated heterocycles. The minimum absolute atomic E-state index is 0.249. The van der Waals surface area contributed by atoms with E-state index in [1.54, 1.807) is 18.2 Å². The summed E-state index contributed by atoms with van der Waals surface area (Å²) in [7, 11) is 1.01. The average Bonchev–Trinajstić information content (AvgIpc) is 3.80. The Balaban J connectivity index is 1.64. The zero-order chi connectivity index (χ0) is 30.4. The van der Waals surface area contributed by atoms with Crippen molar-refractivity contribution >= 4 is 14.1 Å². The van der Waals surface area contributed by atoms with Gasteiger partial charge in [0.15, 0.2) is 0 Å². The number of halogens is 1. The smallest absolute Gasteiger partial charge is 0.343 e. The predicted molar refractivity (Wildman–Crippen MR) is 168 cm³/mol. The predicted octanol–water partition coefficient (Wildman–Crippen LogP) is 8.29. The number of carbonyl (C=O) groups is 1. The maximum Gasteiger partial charge on any atom is 0.343 e. The second kappa shape index (κ2) is 14.5. The van der Waals surface area contributed by atoms with Crippen molar-refractivity contribution in [2.24, 2.45) is 5.92 Å². The highest BCUT2D eigenvalue weighted by Crippen LogP contribution is 2.49. The van der Waals surface area contributed by atoms with E-state index >= 15 is 4.39 Å². The number of aromatic nitrogens is 1. The molecule has 8 heteroatoms. The van der Waals surface area contributed by atoms with Gasteiger partial charge in [0.2, 0.25) is 5.88 Å². The van der Waals surface area contributed by atoms with Gasteiger partial charge >= 0.3 is 5.97 Å². The molecule has 1 fully saturated rings. The first-order valence-corrected chi connectivity index (χ1v) is 16.7. The fraction of sp³-hybridized carbons (Fsp3) is 0.471. The first-order chi connectivity index (χ1) is 20.1. The zero-order valence-electron chi connectivity index (χ0n) is 25.9. The van der Waals surface area contributed by atoms with E-state index in [-0.39, 0.29) is 12.1 Å². The maximum atomic E-state index is 15.0. The van der Waals surface area contributed by atoms with E-state index < -0.39 is 19.9 Å². The molecule has 0 amide bonds. The normalized spacial score (nSPS) is 14.8. The largest absolute Gasteiger partial charge is 0.481 e. The van der Waals surface area contributed by atoms with E-state index in [1.165, 1.54) is 31.7 Å². The van der Waals surface area contributed by atoms with Crippen LogP contribution in [0.4, 0.5) is 4.39 Å². The van der Waals surface area contributed by atoms with Crippen molar-refractivity contribution in [3.63, 3.8) is 0 Å². The summed E-state index contributed by atoms with van der Waals surface area (Å²) >= 11 is 0. The van der Waals surface area contributed by atoms with Gasteiger partial charge in [0.05, 0.1) is 18.9 Å². The molecule has 0 aliphatic heterocycles. The summed E-state index contributed by atoms with van der Waals surface area (Å²) in [4.78, 5) is 19.8. The Bertz CT molecular complexity index is 1350. The number of methoxy groups -OCH3 is 1. The lowest BCUT2D eigenvalue weighted by atomic mass is 9.96. The average molecular weight is 595 g/mol. The molecule has 0 N–H and O–H groups in total. The van der Waals surface area contributed by atoms with Crippen LogP contribution < -0.4 is 9.47 Å². The molecule has 0 radical (unpaired) electrons. The molecule has 6 nitrogen and oxygen atoms in total. The standard InChI is InChI=1S/C34H44FN2O4P/c1-8-40-42(7)21-31(24-12-13-24)25-10-9-11-28(17-25)41-34(38)26-14-15-29(30-18-33(39-6)36-19-32(30)35)27(16-26)20-37(22(2)3)23(4)5/h9-11,14-19,22-24,31H,8,12-13,20-21H2,1-7H3. The SMILES string of the molecule is CCOP(C)CC(c1cccc(OC(=O)c2ccc(-c3cc(OC)ncc3F)c(CN(C(C)C)C(C)C)c2)c1)C1CC1. The molecule has 1 heterocycles. The van der Waals surface area contributed by atoms with Gasteiger partial charge in [-0.3, -0.25) is 4.90 Å². The van der Waals surface area contributed by atoms with Crippen molar-refractivity contribution in [2.45, 2.75) is 72.0 Å². The van der Waals surface area contributed by atoms with E-state index in [1.807, 2.05) is 31.2 Å². The Morgan fingerprint density at radius 3 is 2.45 bits per heavy atom. The number of esters is 1. The van der Waals surface area contributed by atoms with Crippen LogP contribution in [0.15, 0.2) is 54.7 Å². The molecule has 42 heavy (non-hydrogen) atoms. The minimum atomic E-state index is -0.498. The molecule has 1 aliphatic carbocycles. The van der Waals surface area contributed by atoms with Gasteiger partial charge < -0.3 is 14.0 Å². The lowest BCUT2D eigenvalue weighted by Crippen LogP contribution is -2.36. The number of hydrogen-bond acceptors (Lipinski definition) is 6. The third-order valence-electron chi connectivity index (χ3n) is 7.84. The fourth-order valence-corrected chi connectivity index (χ4v) is 7.17. The van der Waals surface area contributed by atoms with E-state index in [2.05, 4.69) is 50.3 Å². The maximum absolute atomic E-state index is 15.0. The Hall–Kier alpha value is -2.86. The molecule has 2 atom stereocenters. The van der Waals surface area contributed by atoms with Crippen molar-refractivity contribution in [3.05, 3.63) is 77.2 Å². The number of benzene rings is 2. The summed E-state index contributed by atoms with van der Waals surface area (Å²) in [6, 6.07) is 15.3. The van der Waals surface area contributed by atoms with Gasteiger partial charge in [0, 0.05) is 45.0 Å². The summed E-state index contributed by atoms with van der Waals surface area (Å²) in [5.74, 6) is 1.03. The molecule has 1 aromatic heterocycles. The third-order valence-corrected chi connectivity index (χ3v) is 9.45. The van der Waals surface area contributed by atoms with Gasteiger partial charge in [-0.1, -0.05) is 18.2 Å². The van der Waals surface area contributed by atoms with E-state index in [9.17, 15) is 4.79 Å². The molecule has 2 unspecified atom stereocenters. The topological polar surface area (TPSA) is 60.9 Å². The van der Waals surface area contributed by atoms with Crippen LogP contribution in [0, 0.1) is 11.7 Å². The van der Waals surface area contributed by atoms with Gasteiger partial charge in [-0.15, -0.1) is 0 Å². The molecule has 226 valence electrons. The lowest BCUT2D eigenvalue weighted by Gasteiger charge is -2.31. The van der Waals surface area contributed by atoms with Crippen molar-refractivity contribution in [3.8, 4) is 22.8 Å². The van der Waals surface area contributed by atoms with Crippen LogP contribution in [0.5, 0.6) is 11.6 Å². The van der Waals surface area contributed by atoms with Gasteiger partial charge in [-0.2, -0.15) is 0 Å². The summed E-state index contributed by atoms with van der Waals surface area (Å²) in [6.45, 7) is 14.0. The number of nitrogens with zero attached hydrogens (tertiary/aromatic N) is 2. The first kappa shape index (κ1) is 32.1. The Morgan fingerprint density at radius 1 is 1.07 bits per heavy atom.